The number of carbonyl (C=O) groups excluding carboxylic acids is 1. The van der Waals surface area contributed by atoms with Crippen molar-refractivity contribution in [3.63, 3.8) is 0 Å². The molecule has 0 heterocycles. The van der Waals surface area contributed by atoms with Crippen LogP contribution in [0.1, 0.15) is 18.1 Å². The fourth-order valence-electron chi connectivity index (χ4n) is 2.33. The first-order valence-electron chi connectivity index (χ1n) is 7.98. The van der Waals surface area contributed by atoms with Crippen molar-refractivity contribution in [2.75, 3.05) is 6.61 Å². The molecule has 140 valence electrons. The summed E-state index contributed by atoms with van der Waals surface area (Å²) in [6.45, 7) is -1.00. The number of hydrogen-bond acceptors (Lipinski definition) is 3. The minimum absolute atomic E-state index is 0.162. The number of ether oxygens (including phenoxy) is 1. The molecule has 1 unspecified atom stereocenters. The quantitative estimate of drug-likeness (QED) is 0.835. The summed E-state index contributed by atoms with van der Waals surface area (Å²) in [6.07, 6.45) is -5.98. The van der Waals surface area contributed by atoms with E-state index in [-0.39, 0.29) is 13.2 Å². The fraction of sp³-hybridized carbons (Fsp3) is 0.316. The number of aliphatic hydroxyl groups is 1. The summed E-state index contributed by atoms with van der Waals surface area (Å²) < 4.78 is 45.8. The summed E-state index contributed by atoms with van der Waals surface area (Å²) in [7, 11) is 0. The van der Waals surface area contributed by atoms with Crippen molar-refractivity contribution in [1.82, 2.24) is 4.90 Å². The normalized spacial score (nSPS) is 13.7. The maximum Gasteiger partial charge on any atom is 0.413 e. The minimum Gasteiger partial charge on any atom is -0.445 e. The number of alkyl halides is 3. The average molecular weight is 367 g/mol. The second-order valence-corrected chi connectivity index (χ2v) is 6.04. The Bertz CT molecular complexity index is 707. The van der Waals surface area contributed by atoms with Crippen molar-refractivity contribution in [2.24, 2.45) is 0 Å². The molecule has 0 aliphatic heterocycles. The number of nitrogens with zero attached hydrogens (tertiary/aromatic N) is 1. The van der Waals surface area contributed by atoms with Gasteiger partial charge in [-0.2, -0.15) is 13.2 Å². The molecule has 7 heteroatoms. The average Bonchev–Trinajstić information content (AvgIpc) is 2.64. The van der Waals surface area contributed by atoms with E-state index in [9.17, 15) is 23.1 Å². The van der Waals surface area contributed by atoms with Crippen molar-refractivity contribution in [2.45, 2.75) is 31.8 Å². The number of carbonyl (C=O) groups is 1. The molecule has 0 aliphatic rings. The van der Waals surface area contributed by atoms with Crippen LogP contribution < -0.4 is 0 Å². The van der Waals surface area contributed by atoms with Gasteiger partial charge in [-0.1, -0.05) is 60.7 Å². The highest BCUT2D eigenvalue weighted by Crippen LogP contribution is 2.36. The molecule has 0 saturated carbocycles. The molecule has 0 spiro atoms. The highest BCUT2D eigenvalue weighted by atomic mass is 19.4. The summed E-state index contributed by atoms with van der Waals surface area (Å²) in [5, 5.41) is 9.43. The van der Waals surface area contributed by atoms with E-state index in [1.807, 2.05) is 0 Å². The van der Waals surface area contributed by atoms with Crippen molar-refractivity contribution < 1.29 is 27.8 Å². The number of rotatable bonds is 6. The number of benzene rings is 2. The molecule has 26 heavy (non-hydrogen) atoms. The molecular formula is C19H20F3NO3. The zero-order chi connectivity index (χ0) is 19.2. The summed E-state index contributed by atoms with van der Waals surface area (Å²) in [5.41, 5.74) is -1.62. The van der Waals surface area contributed by atoms with Crippen LogP contribution in [0.3, 0.4) is 0 Å². The molecule has 1 amide bonds. The molecule has 0 fully saturated rings. The highest BCUT2D eigenvalue weighted by molar-refractivity contribution is 5.69. The first-order chi connectivity index (χ1) is 12.3. The zero-order valence-electron chi connectivity index (χ0n) is 14.2. The molecule has 0 radical (unpaired) electrons. The first-order valence-corrected chi connectivity index (χ1v) is 7.98. The topological polar surface area (TPSA) is 49.8 Å². The van der Waals surface area contributed by atoms with Crippen LogP contribution >= 0.6 is 0 Å². The van der Waals surface area contributed by atoms with Gasteiger partial charge in [-0.3, -0.25) is 4.90 Å². The highest BCUT2D eigenvalue weighted by Gasteiger charge is 2.57. The first kappa shape index (κ1) is 19.8. The van der Waals surface area contributed by atoms with Crippen LogP contribution in [0.5, 0.6) is 0 Å². The lowest BCUT2D eigenvalue weighted by atomic mass is 9.99. The largest absolute Gasteiger partial charge is 0.445 e. The van der Waals surface area contributed by atoms with E-state index in [2.05, 4.69) is 0 Å². The number of amides is 1. The SMILES string of the molecule is CC(CO)(N(Cc1ccccc1)C(=O)OCc1ccccc1)C(F)(F)F. The Hall–Kier alpha value is -2.54. The number of hydrogen-bond donors (Lipinski definition) is 1. The van der Waals surface area contributed by atoms with E-state index in [1.165, 1.54) is 0 Å². The fourth-order valence-corrected chi connectivity index (χ4v) is 2.33. The molecule has 4 nitrogen and oxygen atoms in total. The van der Waals surface area contributed by atoms with Crippen molar-refractivity contribution in [1.29, 1.82) is 0 Å². The van der Waals surface area contributed by atoms with Gasteiger partial charge >= 0.3 is 12.3 Å². The maximum absolute atomic E-state index is 13.6. The van der Waals surface area contributed by atoms with Crippen molar-refractivity contribution in [3.05, 3.63) is 71.8 Å². The summed E-state index contributed by atoms with van der Waals surface area (Å²) >= 11 is 0. The molecule has 0 bridgehead atoms. The second kappa shape index (κ2) is 8.23. The Morgan fingerprint density at radius 2 is 1.50 bits per heavy atom. The third-order valence-electron chi connectivity index (χ3n) is 4.12. The van der Waals surface area contributed by atoms with Crippen LogP contribution in [0.15, 0.2) is 60.7 Å². The molecule has 2 aromatic carbocycles. The van der Waals surface area contributed by atoms with Gasteiger partial charge in [0.15, 0.2) is 5.54 Å². The third kappa shape index (κ3) is 4.54. The molecule has 2 aromatic rings. The predicted molar refractivity (Wildman–Crippen MR) is 90.2 cm³/mol. The molecular weight excluding hydrogens is 347 g/mol. The van der Waals surface area contributed by atoms with Gasteiger partial charge in [-0.15, -0.1) is 0 Å². The van der Waals surface area contributed by atoms with Crippen LogP contribution in [0, 0.1) is 0 Å². The van der Waals surface area contributed by atoms with E-state index < -0.39 is 24.4 Å². The van der Waals surface area contributed by atoms with Crippen LogP contribution in [-0.2, 0) is 17.9 Å². The molecule has 2 rings (SSSR count). The molecule has 1 atom stereocenters. The Balaban J connectivity index is 2.25. The summed E-state index contributed by atoms with van der Waals surface area (Å²) in [4.78, 5) is 13.0. The lowest BCUT2D eigenvalue weighted by Crippen LogP contribution is -2.61. The molecule has 0 aliphatic carbocycles. The van der Waals surface area contributed by atoms with E-state index in [4.69, 9.17) is 4.74 Å². The van der Waals surface area contributed by atoms with Gasteiger partial charge in [0.25, 0.3) is 0 Å². The van der Waals surface area contributed by atoms with E-state index in [1.54, 1.807) is 60.7 Å². The van der Waals surface area contributed by atoms with E-state index in [0.29, 0.717) is 16.0 Å². The van der Waals surface area contributed by atoms with Gasteiger partial charge in [-0.05, 0) is 18.1 Å². The summed E-state index contributed by atoms with van der Waals surface area (Å²) in [5.74, 6) is 0. The van der Waals surface area contributed by atoms with Crippen molar-refractivity contribution >= 4 is 6.09 Å². The van der Waals surface area contributed by atoms with Crippen LogP contribution in [-0.4, -0.2) is 34.4 Å². The van der Waals surface area contributed by atoms with E-state index >= 15 is 0 Å². The van der Waals surface area contributed by atoms with Crippen LogP contribution in [0.2, 0.25) is 0 Å². The lowest BCUT2D eigenvalue weighted by molar-refractivity contribution is -0.232. The Morgan fingerprint density at radius 1 is 1.00 bits per heavy atom. The van der Waals surface area contributed by atoms with Gasteiger partial charge in [0.05, 0.1) is 13.2 Å². The van der Waals surface area contributed by atoms with Gasteiger partial charge in [0, 0.05) is 0 Å². The van der Waals surface area contributed by atoms with E-state index in [0.717, 1.165) is 6.92 Å². The molecule has 0 aromatic heterocycles. The minimum atomic E-state index is -4.83. The number of aliphatic hydroxyl groups excluding tert-OH is 1. The molecule has 0 saturated heterocycles. The Morgan fingerprint density at radius 3 is 1.96 bits per heavy atom. The Labute approximate surface area is 149 Å². The van der Waals surface area contributed by atoms with Gasteiger partial charge in [0.1, 0.15) is 6.61 Å². The zero-order valence-corrected chi connectivity index (χ0v) is 14.2. The lowest BCUT2D eigenvalue weighted by Gasteiger charge is -2.40. The smallest absolute Gasteiger partial charge is 0.413 e. The third-order valence-corrected chi connectivity index (χ3v) is 4.12. The monoisotopic (exact) mass is 367 g/mol. The maximum atomic E-state index is 13.6. The molecule has 1 N–H and O–H groups in total. The van der Waals surface area contributed by atoms with Crippen LogP contribution in [0.25, 0.3) is 0 Å². The predicted octanol–water partition coefficient (Wildman–Crippen LogP) is 4.14. The van der Waals surface area contributed by atoms with Gasteiger partial charge in [-0.25, -0.2) is 4.79 Å². The van der Waals surface area contributed by atoms with Gasteiger partial charge in [0.2, 0.25) is 0 Å². The standard InChI is InChI=1S/C19H20F3NO3/c1-18(14-24,19(20,21)22)23(12-15-8-4-2-5-9-15)17(25)26-13-16-10-6-3-7-11-16/h2-11,24H,12-14H2,1H3. The van der Waals surface area contributed by atoms with Crippen molar-refractivity contribution in [3.8, 4) is 0 Å². The Kier molecular flexibility index (Phi) is 6.26. The second-order valence-electron chi connectivity index (χ2n) is 6.04. The summed E-state index contributed by atoms with van der Waals surface area (Å²) in [6, 6.07) is 16.9. The number of halogens is 3. The van der Waals surface area contributed by atoms with Gasteiger partial charge < -0.3 is 9.84 Å². The van der Waals surface area contributed by atoms with Crippen LogP contribution in [0.4, 0.5) is 18.0 Å².